The fourth-order valence-corrected chi connectivity index (χ4v) is 2.61. The molecule has 1 fully saturated rings. The average Bonchev–Trinajstić information content (AvgIpc) is 2.41. The van der Waals surface area contributed by atoms with Crippen LogP contribution in [0.2, 0.25) is 0 Å². The molecule has 0 aromatic carbocycles. The lowest BCUT2D eigenvalue weighted by Gasteiger charge is -2.39. The first-order valence-corrected chi connectivity index (χ1v) is 6.99. The van der Waals surface area contributed by atoms with Crippen LogP contribution in [0, 0.1) is 0 Å². The number of hydrogen-bond donors (Lipinski definition) is 2. The Hall–Kier alpha value is -1.89. The lowest BCUT2D eigenvalue weighted by molar-refractivity contribution is -0.137. The second kappa shape index (κ2) is 5.85. The first-order valence-electron chi connectivity index (χ1n) is 6.99. The van der Waals surface area contributed by atoms with E-state index in [-0.39, 0.29) is 29.5 Å². The number of ether oxygens (including phenoxy) is 1. The minimum Gasteiger partial charge on any atom is -0.375 e. The molecule has 2 rings (SSSR count). The molecule has 21 heavy (non-hydrogen) atoms. The van der Waals surface area contributed by atoms with E-state index >= 15 is 0 Å². The summed E-state index contributed by atoms with van der Waals surface area (Å²) in [5, 5.41) is 4.40. The minimum absolute atomic E-state index is 0.0759. The fourth-order valence-electron chi connectivity index (χ4n) is 2.61. The van der Waals surface area contributed by atoms with Gasteiger partial charge in [0.15, 0.2) is 0 Å². The highest BCUT2D eigenvalue weighted by molar-refractivity contribution is 5.78. The molecule has 2 N–H and O–H groups in total. The van der Waals surface area contributed by atoms with Crippen LogP contribution >= 0.6 is 0 Å². The maximum absolute atomic E-state index is 12.3. The normalized spacial score (nSPS) is 21.0. The quantitative estimate of drug-likeness (QED) is 0.822. The lowest BCUT2D eigenvalue weighted by Crippen LogP contribution is -2.47. The highest BCUT2D eigenvalue weighted by atomic mass is 16.5. The molecule has 1 aliphatic heterocycles. The Labute approximate surface area is 122 Å². The predicted molar refractivity (Wildman–Crippen MR) is 77.2 cm³/mol. The molecule has 0 unspecified atom stereocenters. The Balaban J connectivity index is 2.07. The van der Waals surface area contributed by atoms with Crippen molar-refractivity contribution in [3.63, 3.8) is 0 Å². The van der Waals surface area contributed by atoms with Crippen molar-refractivity contribution in [1.82, 2.24) is 15.1 Å². The summed E-state index contributed by atoms with van der Waals surface area (Å²) in [5.41, 5.74) is -0.934. The molecule has 0 radical (unpaired) electrons. The van der Waals surface area contributed by atoms with Crippen molar-refractivity contribution in [1.29, 1.82) is 0 Å². The zero-order valence-electron chi connectivity index (χ0n) is 12.6. The van der Waals surface area contributed by atoms with Gasteiger partial charge >= 0.3 is 0 Å². The Kier molecular flexibility index (Phi) is 4.32. The van der Waals surface area contributed by atoms with Gasteiger partial charge in [-0.3, -0.25) is 24.6 Å². The summed E-state index contributed by atoms with van der Waals surface area (Å²) < 4.78 is 5.64. The van der Waals surface area contributed by atoms with E-state index in [1.54, 1.807) is 11.9 Å². The number of H-pyrrole nitrogens is 2. The van der Waals surface area contributed by atoms with E-state index in [2.05, 4.69) is 10.2 Å². The smallest absolute Gasteiger partial charge is 0.266 e. The number of aromatic nitrogens is 2. The number of carbonyl (C=O) groups excluding carboxylic acids is 1. The van der Waals surface area contributed by atoms with E-state index in [1.807, 2.05) is 13.8 Å². The van der Waals surface area contributed by atoms with E-state index in [0.29, 0.717) is 6.61 Å². The molecule has 0 saturated carbocycles. The molecule has 0 bridgehead atoms. The third kappa shape index (κ3) is 3.81. The molecular formula is C14H21N3O4. The zero-order valence-corrected chi connectivity index (χ0v) is 12.6. The maximum atomic E-state index is 12.3. The van der Waals surface area contributed by atoms with Crippen molar-refractivity contribution in [3.05, 3.63) is 32.3 Å². The summed E-state index contributed by atoms with van der Waals surface area (Å²) >= 11 is 0. The first kappa shape index (κ1) is 15.5. The summed E-state index contributed by atoms with van der Waals surface area (Å²) in [6.07, 6.45) is 1.45. The lowest BCUT2D eigenvalue weighted by atomic mass is 9.93. The zero-order chi connectivity index (χ0) is 15.6. The van der Waals surface area contributed by atoms with Crippen LogP contribution in [0.25, 0.3) is 0 Å². The van der Waals surface area contributed by atoms with Crippen LogP contribution < -0.4 is 11.1 Å². The highest BCUT2D eigenvalue weighted by Gasteiger charge is 2.32. The van der Waals surface area contributed by atoms with Crippen molar-refractivity contribution in [2.45, 2.75) is 44.8 Å². The number of amides is 1. The van der Waals surface area contributed by atoms with Gasteiger partial charge in [-0.15, -0.1) is 0 Å². The molecule has 116 valence electrons. The number of carbonyl (C=O) groups is 1. The molecule has 1 aliphatic rings. The molecule has 7 nitrogen and oxygen atoms in total. The van der Waals surface area contributed by atoms with Gasteiger partial charge in [0.2, 0.25) is 5.91 Å². The Morgan fingerprint density at radius 3 is 2.81 bits per heavy atom. The van der Waals surface area contributed by atoms with Gasteiger partial charge in [-0.2, -0.15) is 0 Å². The van der Waals surface area contributed by atoms with Gasteiger partial charge in [0.25, 0.3) is 11.1 Å². The van der Waals surface area contributed by atoms with Crippen LogP contribution in [0.4, 0.5) is 0 Å². The highest BCUT2D eigenvalue weighted by Crippen LogP contribution is 2.26. The molecule has 0 spiro atoms. The Morgan fingerprint density at radius 1 is 1.43 bits per heavy atom. The molecule has 7 heteroatoms. The maximum Gasteiger partial charge on any atom is 0.266 e. The third-order valence-corrected chi connectivity index (χ3v) is 3.85. The Bertz CT molecular complexity index is 632. The number of nitrogens with zero attached hydrogens (tertiary/aromatic N) is 1. The summed E-state index contributed by atoms with van der Waals surface area (Å²) in [7, 11) is 1.73. The van der Waals surface area contributed by atoms with Crippen molar-refractivity contribution in [2.24, 2.45) is 0 Å². The van der Waals surface area contributed by atoms with E-state index in [9.17, 15) is 14.4 Å². The second-order valence-corrected chi connectivity index (χ2v) is 6.05. The second-order valence-electron chi connectivity index (χ2n) is 6.05. The molecule has 1 aromatic rings. The average molecular weight is 295 g/mol. The summed E-state index contributed by atoms with van der Waals surface area (Å²) in [4.78, 5) is 36.8. The molecule has 1 amide bonds. The molecular weight excluding hydrogens is 274 g/mol. The van der Waals surface area contributed by atoms with Crippen molar-refractivity contribution in [3.8, 4) is 0 Å². The van der Waals surface area contributed by atoms with E-state index < -0.39 is 11.1 Å². The summed E-state index contributed by atoms with van der Waals surface area (Å²) in [5.74, 6) is -0.172. The van der Waals surface area contributed by atoms with Crippen molar-refractivity contribution >= 4 is 5.91 Å². The minimum atomic E-state index is -0.441. The number of aromatic amines is 2. The number of rotatable bonds is 3. The summed E-state index contributed by atoms with van der Waals surface area (Å²) in [6, 6.07) is 1.25. The van der Waals surface area contributed by atoms with Crippen LogP contribution in [0.15, 0.2) is 15.7 Å². The van der Waals surface area contributed by atoms with Crippen LogP contribution in [0.1, 0.15) is 32.3 Å². The monoisotopic (exact) mass is 295 g/mol. The molecule has 2 heterocycles. The van der Waals surface area contributed by atoms with E-state index in [1.165, 1.54) is 6.07 Å². The van der Waals surface area contributed by atoms with Gasteiger partial charge in [-0.1, -0.05) is 0 Å². The molecule has 1 saturated heterocycles. The fraction of sp³-hybridized carbons (Fsp3) is 0.643. The van der Waals surface area contributed by atoms with Gasteiger partial charge in [0, 0.05) is 31.3 Å². The third-order valence-electron chi connectivity index (χ3n) is 3.85. The van der Waals surface area contributed by atoms with Gasteiger partial charge in [-0.25, -0.2) is 0 Å². The van der Waals surface area contributed by atoms with Crippen molar-refractivity contribution < 1.29 is 9.53 Å². The van der Waals surface area contributed by atoms with Gasteiger partial charge in [-0.05, 0) is 26.7 Å². The number of likely N-dealkylation sites (N-methyl/N-ethyl adjacent to an activating group) is 1. The molecule has 0 aliphatic carbocycles. The van der Waals surface area contributed by atoms with E-state index in [4.69, 9.17) is 4.74 Å². The largest absolute Gasteiger partial charge is 0.375 e. The summed E-state index contributed by atoms with van der Waals surface area (Å²) in [6.45, 7) is 4.61. The van der Waals surface area contributed by atoms with Crippen LogP contribution in [0.3, 0.4) is 0 Å². The standard InChI is InChI=1S/C14H21N3O4/c1-14(2)8-10(4-5-21-14)17(3)12(19)7-9-6-11(18)15-16-13(9)20/h6,10H,4-5,7-8H2,1-3H3,(H,15,18)(H,16,20)/t10-/m1/s1. The Morgan fingerprint density at radius 2 is 2.14 bits per heavy atom. The van der Waals surface area contributed by atoms with Gasteiger partial charge in [0.05, 0.1) is 12.0 Å². The molecule has 1 aromatic heterocycles. The number of hydrogen-bond acceptors (Lipinski definition) is 4. The van der Waals surface area contributed by atoms with Crippen LogP contribution in [-0.2, 0) is 16.0 Å². The van der Waals surface area contributed by atoms with Crippen molar-refractivity contribution in [2.75, 3.05) is 13.7 Å². The molecule has 1 atom stereocenters. The van der Waals surface area contributed by atoms with Crippen LogP contribution in [0.5, 0.6) is 0 Å². The van der Waals surface area contributed by atoms with E-state index in [0.717, 1.165) is 12.8 Å². The SMILES string of the molecule is CN(C(=O)Cc1cc(=O)[nH][nH]c1=O)[C@@H]1CCOC(C)(C)C1. The van der Waals surface area contributed by atoms with Gasteiger partial charge < -0.3 is 9.64 Å². The number of nitrogens with one attached hydrogen (secondary N) is 2. The van der Waals surface area contributed by atoms with Crippen LogP contribution in [-0.4, -0.2) is 46.3 Å². The first-order chi connectivity index (χ1) is 9.78. The topological polar surface area (TPSA) is 95.3 Å². The predicted octanol–water partition coefficient (Wildman–Crippen LogP) is 0.0217. The van der Waals surface area contributed by atoms with Gasteiger partial charge in [0.1, 0.15) is 0 Å².